The first-order valence-corrected chi connectivity index (χ1v) is 13.0. The number of sulfonamides is 1. The summed E-state index contributed by atoms with van der Waals surface area (Å²) in [5.74, 6) is 1.42. The van der Waals surface area contributed by atoms with E-state index in [2.05, 4.69) is 5.32 Å². The van der Waals surface area contributed by atoms with E-state index in [0.717, 1.165) is 21.9 Å². The number of rotatable bonds is 11. The summed E-state index contributed by atoms with van der Waals surface area (Å²) in [6.45, 7) is 2.29. The molecule has 10 heteroatoms. The van der Waals surface area contributed by atoms with Crippen molar-refractivity contribution < 1.29 is 17.9 Å². The molecule has 0 unspecified atom stereocenters. The van der Waals surface area contributed by atoms with Gasteiger partial charge in [-0.25, -0.2) is 8.42 Å². The van der Waals surface area contributed by atoms with Gasteiger partial charge in [0.25, 0.3) is 0 Å². The van der Waals surface area contributed by atoms with Crippen LogP contribution in [0.4, 0.5) is 5.69 Å². The molecular weight excluding hydrogens is 467 g/mol. The molecule has 30 heavy (non-hydrogen) atoms. The Hall–Kier alpha value is -1.61. The number of thioether (sulfide) groups is 1. The average molecular weight is 491 g/mol. The first kappa shape index (κ1) is 24.7. The summed E-state index contributed by atoms with van der Waals surface area (Å²) in [6.07, 6.45) is 1.07. The molecule has 2 rings (SSSR count). The summed E-state index contributed by atoms with van der Waals surface area (Å²) in [7, 11) is -3.67. The van der Waals surface area contributed by atoms with Gasteiger partial charge in [0, 0.05) is 18.1 Å². The number of halogens is 2. The summed E-state index contributed by atoms with van der Waals surface area (Å²) in [4.78, 5) is 12.4. The van der Waals surface area contributed by atoms with Gasteiger partial charge >= 0.3 is 0 Å². The molecule has 0 bridgehead atoms. The Bertz CT molecular complexity index is 971. The van der Waals surface area contributed by atoms with Crippen LogP contribution in [0.1, 0.15) is 12.5 Å². The molecule has 164 valence electrons. The molecule has 1 amide bonds. The van der Waals surface area contributed by atoms with Crippen molar-refractivity contribution >= 4 is 56.6 Å². The summed E-state index contributed by atoms with van der Waals surface area (Å²) < 4.78 is 31.1. The highest BCUT2D eigenvalue weighted by atomic mass is 35.5. The Kier molecular flexibility index (Phi) is 9.61. The molecule has 0 aliphatic carbocycles. The summed E-state index contributed by atoms with van der Waals surface area (Å²) >= 11 is 13.5. The van der Waals surface area contributed by atoms with E-state index < -0.39 is 10.0 Å². The van der Waals surface area contributed by atoms with E-state index in [9.17, 15) is 13.2 Å². The first-order valence-electron chi connectivity index (χ1n) is 9.20. The van der Waals surface area contributed by atoms with Crippen molar-refractivity contribution in [1.82, 2.24) is 5.32 Å². The monoisotopic (exact) mass is 490 g/mol. The van der Waals surface area contributed by atoms with Gasteiger partial charge in [0.05, 0.1) is 28.6 Å². The van der Waals surface area contributed by atoms with Crippen LogP contribution in [-0.2, 0) is 20.6 Å². The smallest absolute Gasteiger partial charge is 0.240 e. The molecule has 0 heterocycles. The van der Waals surface area contributed by atoms with Crippen LogP contribution in [0.3, 0.4) is 0 Å². The Labute approximate surface area is 191 Å². The number of carbonyl (C=O) groups is 1. The summed E-state index contributed by atoms with van der Waals surface area (Å²) in [5.41, 5.74) is 1.38. The second-order valence-electron chi connectivity index (χ2n) is 6.32. The topological polar surface area (TPSA) is 75.7 Å². The second-order valence-corrected chi connectivity index (χ2v) is 10.1. The van der Waals surface area contributed by atoms with Crippen molar-refractivity contribution in [1.29, 1.82) is 0 Å². The molecular formula is C20H24Cl2N2O4S2. The van der Waals surface area contributed by atoms with Crippen LogP contribution in [0.5, 0.6) is 5.75 Å². The fraction of sp³-hybridized carbons (Fsp3) is 0.350. The van der Waals surface area contributed by atoms with Gasteiger partial charge in [0.2, 0.25) is 15.9 Å². The first-order chi connectivity index (χ1) is 14.2. The van der Waals surface area contributed by atoms with Gasteiger partial charge in [-0.3, -0.25) is 9.10 Å². The molecule has 0 saturated heterocycles. The van der Waals surface area contributed by atoms with Crippen molar-refractivity contribution in [3.05, 3.63) is 58.1 Å². The van der Waals surface area contributed by atoms with Gasteiger partial charge in [0.15, 0.2) is 0 Å². The minimum atomic E-state index is -3.67. The highest BCUT2D eigenvalue weighted by molar-refractivity contribution is 7.98. The molecule has 0 atom stereocenters. The lowest BCUT2D eigenvalue weighted by Crippen LogP contribution is -2.41. The zero-order valence-corrected chi connectivity index (χ0v) is 19.9. The van der Waals surface area contributed by atoms with Crippen molar-refractivity contribution in [3.8, 4) is 5.75 Å². The van der Waals surface area contributed by atoms with Gasteiger partial charge < -0.3 is 10.1 Å². The minimum absolute atomic E-state index is 0.319. The van der Waals surface area contributed by atoms with E-state index >= 15 is 0 Å². The third-order valence-electron chi connectivity index (χ3n) is 3.94. The lowest BCUT2D eigenvalue weighted by atomic mass is 10.2. The third-order valence-corrected chi connectivity index (χ3v) is 6.84. The van der Waals surface area contributed by atoms with Crippen LogP contribution < -0.4 is 14.4 Å². The van der Waals surface area contributed by atoms with E-state index in [4.69, 9.17) is 27.9 Å². The fourth-order valence-corrected chi connectivity index (χ4v) is 4.58. The largest absolute Gasteiger partial charge is 0.492 e. The zero-order chi connectivity index (χ0) is 22.1. The molecule has 0 aromatic heterocycles. The number of ether oxygens (including phenoxy) is 1. The maximum atomic E-state index is 12.4. The quantitative estimate of drug-likeness (QED) is 0.477. The number of hydrogen-bond donors (Lipinski definition) is 1. The van der Waals surface area contributed by atoms with Gasteiger partial charge in [-0.2, -0.15) is 11.8 Å². The van der Waals surface area contributed by atoms with Gasteiger partial charge in [-0.05, 0) is 36.8 Å². The number of amides is 1. The average Bonchev–Trinajstić information content (AvgIpc) is 2.68. The van der Waals surface area contributed by atoms with Crippen LogP contribution >= 0.6 is 35.0 Å². The van der Waals surface area contributed by atoms with Crippen molar-refractivity contribution in [2.75, 3.05) is 36.0 Å². The van der Waals surface area contributed by atoms with Crippen LogP contribution in [0, 0.1) is 0 Å². The maximum Gasteiger partial charge on any atom is 0.240 e. The zero-order valence-electron chi connectivity index (χ0n) is 16.7. The standard InChI is InChI=1S/C20H24Cl2N2O4S2/c1-3-28-19-7-5-4-6-18(19)24(30(2,26)27)13-20(25)23-10-11-29-14-15-8-9-16(21)17(22)12-15/h4-9,12H,3,10-11,13-14H2,1-2H3,(H,23,25). The number of nitrogens with zero attached hydrogens (tertiary/aromatic N) is 1. The van der Waals surface area contributed by atoms with E-state index in [0.29, 0.717) is 40.4 Å². The van der Waals surface area contributed by atoms with Crippen molar-refractivity contribution in [2.45, 2.75) is 12.7 Å². The van der Waals surface area contributed by atoms with Crippen LogP contribution in [0.2, 0.25) is 10.0 Å². The molecule has 0 spiro atoms. The second kappa shape index (κ2) is 11.7. The molecule has 0 aliphatic heterocycles. The highest BCUT2D eigenvalue weighted by Gasteiger charge is 2.23. The van der Waals surface area contributed by atoms with Crippen LogP contribution in [0.25, 0.3) is 0 Å². The summed E-state index contributed by atoms with van der Waals surface area (Å²) in [6, 6.07) is 12.2. The number of benzene rings is 2. The number of carbonyl (C=O) groups excluding carboxylic acids is 1. The third kappa shape index (κ3) is 7.58. The predicted molar refractivity (Wildman–Crippen MR) is 125 cm³/mol. The fourth-order valence-electron chi connectivity index (χ4n) is 2.59. The molecule has 6 nitrogen and oxygen atoms in total. The van der Waals surface area contributed by atoms with E-state index in [1.165, 1.54) is 0 Å². The normalized spacial score (nSPS) is 11.2. The molecule has 0 fully saturated rings. The van der Waals surface area contributed by atoms with E-state index in [-0.39, 0.29) is 12.5 Å². The SMILES string of the molecule is CCOc1ccccc1N(CC(=O)NCCSCc1ccc(Cl)c(Cl)c1)S(C)(=O)=O. The van der Waals surface area contributed by atoms with E-state index in [1.807, 2.05) is 19.1 Å². The Morgan fingerprint density at radius 2 is 1.90 bits per heavy atom. The number of para-hydroxylation sites is 2. The maximum absolute atomic E-state index is 12.4. The van der Waals surface area contributed by atoms with E-state index in [1.54, 1.807) is 42.1 Å². The van der Waals surface area contributed by atoms with Crippen molar-refractivity contribution in [2.24, 2.45) is 0 Å². The highest BCUT2D eigenvalue weighted by Crippen LogP contribution is 2.29. The molecule has 2 aromatic rings. The lowest BCUT2D eigenvalue weighted by Gasteiger charge is -2.24. The van der Waals surface area contributed by atoms with Crippen LogP contribution in [0.15, 0.2) is 42.5 Å². The molecule has 0 saturated carbocycles. The Morgan fingerprint density at radius 3 is 2.57 bits per heavy atom. The molecule has 0 aliphatic rings. The molecule has 1 N–H and O–H groups in total. The van der Waals surface area contributed by atoms with Crippen LogP contribution in [-0.4, -0.2) is 46.0 Å². The lowest BCUT2D eigenvalue weighted by molar-refractivity contribution is -0.119. The van der Waals surface area contributed by atoms with Gasteiger partial charge in [0.1, 0.15) is 12.3 Å². The number of hydrogen-bond acceptors (Lipinski definition) is 5. The molecule has 0 radical (unpaired) electrons. The Balaban J connectivity index is 1.88. The number of nitrogens with one attached hydrogen (secondary N) is 1. The Morgan fingerprint density at radius 1 is 1.17 bits per heavy atom. The minimum Gasteiger partial charge on any atom is -0.492 e. The van der Waals surface area contributed by atoms with Gasteiger partial charge in [-0.1, -0.05) is 41.4 Å². The van der Waals surface area contributed by atoms with Gasteiger partial charge in [-0.15, -0.1) is 0 Å². The molecule has 2 aromatic carbocycles. The number of anilines is 1. The predicted octanol–water partition coefficient (Wildman–Crippen LogP) is 4.21. The van der Waals surface area contributed by atoms with Crippen molar-refractivity contribution in [3.63, 3.8) is 0 Å². The summed E-state index contributed by atoms with van der Waals surface area (Å²) in [5, 5.41) is 3.78.